The number of hydrogen-bond acceptors (Lipinski definition) is 6. The van der Waals surface area contributed by atoms with Crippen LogP contribution in [0, 0.1) is 13.8 Å². The van der Waals surface area contributed by atoms with E-state index in [1.165, 1.54) is 0 Å². The van der Waals surface area contributed by atoms with Crippen LogP contribution in [0.5, 0.6) is 0 Å². The van der Waals surface area contributed by atoms with Crippen molar-refractivity contribution in [3.63, 3.8) is 0 Å². The molecule has 3 aromatic rings. The number of pyridine rings is 3. The minimum Gasteiger partial charge on any atom is -0.384 e. The first-order valence-electron chi connectivity index (χ1n) is 9.23. The van der Waals surface area contributed by atoms with E-state index in [0.717, 1.165) is 33.6 Å². The van der Waals surface area contributed by atoms with Gasteiger partial charge in [-0.1, -0.05) is 6.08 Å². The third-order valence-electron chi connectivity index (χ3n) is 4.49. The molecule has 0 aliphatic rings. The molecule has 28 heavy (non-hydrogen) atoms. The lowest BCUT2D eigenvalue weighted by Gasteiger charge is -2.15. The largest absolute Gasteiger partial charge is 0.384 e. The first-order valence-corrected chi connectivity index (χ1v) is 9.23. The number of nitrogens with zero attached hydrogens (tertiary/aromatic N) is 3. The molecule has 0 amide bonds. The van der Waals surface area contributed by atoms with Gasteiger partial charge in [-0.15, -0.1) is 0 Å². The summed E-state index contributed by atoms with van der Waals surface area (Å²) >= 11 is 0. The Morgan fingerprint density at radius 2 is 1.61 bits per heavy atom. The molecule has 3 aromatic heterocycles. The van der Waals surface area contributed by atoms with Crippen molar-refractivity contribution in [3.05, 3.63) is 76.4 Å². The van der Waals surface area contributed by atoms with Crippen LogP contribution in [0.25, 0.3) is 12.2 Å². The Balaban J connectivity index is 1.81. The highest BCUT2D eigenvalue weighted by molar-refractivity contribution is 5.68. The van der Waals surface area contributed by atoms with Crippen LogP contribution in [0.4, 0.5) is 11.6 Å². The number of aryl methyl sites for hydroxylation is 2. The summed E-state index contributed by atoms with van der Waals surface area (Å²) in [6, 6.07) is 9.83. The Kier molecular flexibility index (Phi) is 6.01. The molecule has 0 saturated heterocycles. The van der Waals surface area contributed by atoms with Gasteiger partial charge in [0, 0.05) is 24.0 Å². The second-order valence-electron chi connectivity index (χ2n) is 7.08. The number of aromatic nitrogens is 3. The van der Waals surface area contributed by atoms with E-state index in [9.17, 15) is 0 Å². The summed E-state index contributed by atoms with van der Waals surface area (Å²) in [5.41, 5.74) is 23.7. The van der Waals surface area contributed by atoms with E-state index in [4.69, 9.17) is 17.2 Å². The Morgan fingerprint density at radius 1 is 0.893 bits per heavy atom. The van der Waals surface area contributed by atoms with E-state index in [2.05, 4.69) is 21.0 Å². The molecule has 6 N–H and O–H groups in total. The predicted molar refractivity (Wildman–Crippen MR) is 115 cm³/mol. The molecule has 144 valence electrons. The molecule has 0 bridgehead atoms. The maximum atomic E-state index is 6.05. The van der Waals surface area contributed by atoms with E-state index in [0.29, 0.717) is 24.6 Å². The van der Waals surface area contributed by atoms with Crippen molar-refractivity contribution in [2.24, 2.45) is 5.73 Å². The molecule has 0 aliphatic carbocycles. The number of hydrogen-bond donors (Lipinski definition) is 3. The lowest BCUT2D eigenvalue weighted by atomic mass is 9.94. The van der Waals surface area contributed by atoms with E-state index in [1.54, 1.807) is 0 Å². The molecule has 0 aliphatic heterocycles. The zero-order valence-electron chi connectivity index (χ0n) is 16.3. The Labute approximate surface area is 165 Å². The van der Waals surface area contributed by atoms with Crippen LogP contribution < -0.4 is 17.2 Å². The first-order chi connectivity index (χ1) is 13.4. The number of nitrogen functional groups attached to an aromatic ring is 2. The SMILES string of the molecule is Cc1cc(N)nc(/C=C/c2cncc([C@@H](CN)Cc3cc(C)cc(N)n3)c2)c1. The molecular formula is C22H26N6. The van der Waals surface area contributed by atoms with Crippen molar-refractivity contribution in [1.29, 1.82) is 0 Å². The van der Waals surface area contributed by atoms with Crippen LogP contribution in [0.3, 0.4) is 0 Å². The standard InChI is InChI=1S/C22H26N6/c1-14-5-19(27-21(24)7-14)4-3-16-9-18(13-26-12-16)17(11-23)10-20-6-15(2)8-22(25)28-20/h3-9,12-13,17H,10-11,23H2,1-2H3,(H2,24,27)(H2,25,28)/b4-3+/t17-/m1/s1. The van der Waals surface area contributed by atoms with Gasteiger partial charge in [0.05, 0.1) is 5.69 Å². The summed E-state index contributed by atoms with van der Waals surface area (Å²) in [6.45, 7) is 4.51. The number of rotatable bonds is 6. The van der Waals surface area contributed by atoms with Gasteiger partial charge in [-0.25, -0.2) is 9.97 Å². The van der Waals surface area contributed by atoms with Crippen molar-refractivity contribution in [2.45, 2.75) is 26.2 Å². The molecular weight excluding hydrogens is 348 g/mol. The van der Waals surface area contributed by atoms with Crippen LogP contribution in [0.1, 0.15) is 39.6 Å². The molecule has 0 unspecified atom stereocenters. The fraction of sp³-hybridized carbons (Fsp3) is 0.227. The summed E-state index contributed by atoms with van der Waals surface area (Å²) in [4.78, 5) is 13.1. The van der Waals surface area contributed by atoms with Crippen LogP contribution >= 0.6 is 0 Å². The van der Waals surface area contributed by atoms with Crippen molar-refractivity contribution in [3.8, 4) is 0 Å². The van der Waals surface area contributed by atoms with Gasteiger partial charge in [0.2, 0.25) is 0 Å². The van der Waals surface area contributed by atoms with Crippen LogP contribution in [-0.4, -0.2) is 21.5 Å². The topological polar surface area (TPSA) is 117 Å². The molecule has 0 radical (unpaired) electrons. The third-order valence-corrected chi connectivity index (χ3v) is 4.49. The van der Waals surface area contributed by atoms with Gasteiger partial charge in [0.25, 0.3) is 0 Å². The fourth-order valence-electron chi connectivity index (χ4n) is 3.24. The molecule has 0 saturated carbocycles. The quantitative estimate of drug-likeness (QED) is 0.610. The van der Waals surface area contributed by atoms with E-state index in [1.807, 2.05) is 62.7 Å². The molecule has 1 atom stereocenters. The maximum absolute atomic E-state index is 6.05. The van der Waals surface area contributed by atoms with Gasteiger partial charge < -0.3 is 17.2 Å². The lowest BCUT2D eigenvalue weighted by Crippen LogP contribution is -2.16. The summed E-state index contributed by atoms with van der Waals surface area (Å²) < 4.78 is 0. The Bertz CT molecular complexity index is 956. The fourth-order valence-corrected chi connectivity index (χ4v) is 3.24. The van der Waals surface area contributed by atoms with Crippen LogP contribution in [-0.2, 0) is 6.42 Å². The minimum absolute atomic E-state index is 0.113. The van der Waals surface area contributed by atoms with E-state index < -0.39 is 0 Å². The average Bonchev–Trinajstić information content (AvgIpc) is 2.63. The molecule has 6 nitrogen and oxygen atoms in total. The molecule has 3 heterocycles. The highest BCUT2D eigenvalue weighted by Crippen LogP contribution is 2.21. The predicted octanol–water partition coefficient (Wildman–Crippen LogP) is 3.11. The second kappa shape index (κ2) is 8.63. The molecule has 3 rings (SSSR count). The van der Waals surface area contributed by atoms with Crippen molar-refractivity contribution in [1.82, 2.24) is 15.0 Å². The van der Waals surface area contributed by atoms with Crippen molar-refractivity contribution >= 4 is 23.8 Å². The average molecular weight is 374 g/mol. The van der Waals surface area contributed by atoms with Crippen molar-refractivity contribution < 1.29 is 0 Å². The smallest absolute Gasteiger partial charge is 0.124 e. The third kappa shape index (κ3) is 5.14. The van der Waals surface area contributed by atoms with Gasteiger partial charge >= 0.3 is 0 Å². The summed E-state index contributed by atoms with van der Waals surface area (Å²) in [5, 5.41) is 0. The van der Waals surface area contributed by atoms with Crippen molar-refractivity contribution in [2.75, 3.05) is 18.0 Å². The molecule has 0 aromatic carbocycles. The maximum Gasteiger partial charge on any atom is 0.124 e. The first kappa shape index (κ1) is 19.5. The summed E-state index contributed by atoms with van der Waals surface area (Å²) in [7, 11) is 0. The number of nitrogens with two attached hydrogens (primary N) is 3. The molecule has 0 fully saturated rings. The second-order valence-corrected chi connectivity index (χ2v) is 7.08. The van der Waals surface area contributed by atoms with Gasteiger partial charge in [0.15, 0.2) is 0 Å². The minimum atomic E-state index is 0.113. The zero-order chi connectivity index (χ0) is 20.1. The van der Waals surface area contributed by atoms with Gasteiger partial charge in [-0.2, -0.15) is 0 Å². The van der Waals surface area contributed by atoms with Gasteiger partial charge in [-0.05, 0) is 85.5 Å². The Hall–Kier alpha value is -3.25. The van der Waals surface area contributed by atoms with Crippen LogP contribution in [0.2, 0.25) is 0 Å². The van der Waals surface area contributed by atoms with E-state index >= 15 is 0 Å². The van der Waals surface area contributed by atoms with Gasteiger partial charge in [-0.3, -0.25) is 4.98 Å². The van der Waals surface area contributed by atoms with Crippen LogP contribution in [0.15, 0.2) is 42.7 Å². The Morgan fingerprint density at radius 3 is 2.29 bits per heavy atom. The zero-order valence-corrected chi connectivity index (χ0v) is 16.3. The lowest BCUT2D eigenvalue weighted by molar-refractivity contribution is 0.679. The summed E-state index contributed by atoms with van der Waals surface area (Å²) in [6.07, 6.45) is 8.30. The number of anilines is 2. The van der Waals surface area contributed by atoms with Gasteiger partial charge in [0.1, 0.15) is 11.6 Å². The highest BCUT2D eigenvalue weighted by Gasteiger charge is 2.13. The monoisotopic (exact) mass is 374 g/mol. The molecule has 6 heteroatoms. The molecule has 0 spiro atoms. The summed E-state index contributed by atoms with van der Waals surface area (Å²) in [5.74, 6) is 1.16. The highest BCUT2D eigenvalue weighted by atomic mass is 14.8. The van der Waals surface area contributed by atoms with E-state index in [-0.39, 0.29) is 5.92 Å². The normalized spacial score (nSPS) is 12.4.